The van der Waals surface area contributed by atoms with E-state index in [4.69, 9.17) is 9.90 Å². The molecule has 0 saturated carbocycles. The Morgan fingerprint density at radius 1 is 1.03 bits per heavy atom. The molecule has 1 amide bonds. The van der Waals surface area contributed by atoms with Crippen LogP contribution in [0.3, 0.4) is 0 Å². The van der Waals surface area contributed by atoms with Gasteiger partial charge in [-0.05, 0) is 43.3 Å². The summed E-state index contributed by atoms with van der Waals surface area (Å²) < 4.78 is 44.7. The van der Waals surface area contributed by atoms with Crippen LogP contribution in [0.4, 0.5) is 17.6 Å². The molecule has 1 saturated heterocycles. The van der Waals surface area contributed by atoms with E-state index in [9.17, 15) is 22.4 Å². The maximum Gasteiger partial charge on any atom is 0.490 e. The van der Waals surface area contributed by atoms with Crippen molar-refractivity contribution in [2.75, 3.05) is 33.2 Å². The number of aryl methyl sites for hydroxylation is 1. The summed E-state index contributed by atoms with van der Waals surface area (Å²) in [5.74, 6) is -2.73. The molecule has 1 aliphatic heterocycles. The molecule has 0 bridgehead atoms. The van der Waals surface area contributed by atoms with Crippen molar-refractivity contribution in [3.63, 3.8) is 0 Å². The fraction of sp³-hybridized carbons (Fsp3) is 0.400. The zero-order chi connectivity index (χ0) is 22.3. The lowest BCUT2D eigenvalue weighted by Crippen LogP contribution is -2.47. The Hall–Kier alpha value is -2.46. The molecule has 1 fully saturated rings. The average molecular weight is 446 g/mol. The highest BCUT2D eigenvalue weighted by atomic mass is 32.1. The summed E-state index contributed by atoms with van der Waals surface area (Å²) in [4.78, 5) is 27.7. The summed E-state index contributed by atoms with van der Waals surface area (Å²) in [6.45, 7) is 3.58. The number of thiophene rings is 1. The van der Waals surface area contributed by atoms with Crippen LogP contribution in [0.15, 0.2) is 36.4 Å². The first-order chi connectivity index (χ1) is 14.1. The monoisotopic (exact) mass is 446 g/mol. The van der Waals surface area contributed by atoms with E-state index in [0.29, 0.717) is 6.42 Å². The minimum atomic E-state index is -5.08. The Bertz CT molecular complexity index is 844. The molecule has 0 radical (unpaired) electrons. The van der Waals surface area contributed by atoms with E-state index in [0.717, 1.165) is 43.0 Å². The molecule has 1 aromatic heterocycles. The lowest BCUT2D eigenvalue weighted by Gasteiger charge is -2.32. The van der Waals surface area contributed by atoms with E-state index in [1.807, 2.05) is 11.0 Å². The predicted molar refractivity (Wildman–Crippen MR) is 106 cm³/mol. The van der Waals surface area contributed by atoms with Crippen molar-refractivity contribution in [3.8, 4) is 10.4 Å². The number of hydrogen-bond donors (Lipinski definition) is 1. The van der Waals surface area contributed by atoms with Crippen LogP contribution in [0.5, 0.6) is 0 Å². The van der Waals surface area contributed by atoms with E-state index in [1.54, 1.807) is 23.5 Å². The number of carboxylic acids is 1. The molecule has 0 aliphatic carbocycles. The van der Waals surface area contributed by atoms with Crippen molar-refractivity contribution in [1.82, 2.24) is 9.80 Å². The van der Waals surface area contributed by atoms with Crippen molar-refractivity contribution in [3.05, 3.63) is 47.1 Å². The number of carbonyl (C=O) groups is 2. The number of aliphatic carboxylic acids is 1. The van der Waals surface area contributed by atoms with Gasteiger partial charge in [-0.1, -0.05) is 12.1 Å². The van der Waals surface area contributed by atoms with Crippen LogP contribution in [0.25, 0.3) is 10.4 Å². The summed E-state index contributed by atoms with van der Waals surface area (Å²) >= 11 is 1.68. The lowest BCUT2D eigenvalue weighted by molar-refractivity contribution is -0.192. The van der Waals surface area contributed by atoms with Gasteiger partial charge in [0.1, 0.15) is 5.82 Å². The SMILES string of the molecule is CN1CCN(C(=O)CCc2ccc(-c3ccc(F)cc3)s2)CC1.O=C(O)C(F)(F)F. The second-order valence-corrected chi connectivity index (χ2v) is 7.93. The average Bonchev–Trinajstić information content (AvgIpc) is 3.16. The van der Waals surface area contributed by atoms with Gasteiger partial charge in [-0.15, -0.1) is 11.3 Å². The zero-order valence-corrected chi connectivity index (χ0v) is 17.1. The first-order valence-electron chi connectivity index (χ1n) is 9.17. The van der Waals surface area contributed by atoms with Gasteiger partial charge in [0.05, 0.1) is 0 Å². The van der Waals surface area contributed by atoms with Crippen LogP contribution in [0.1, 0.15) is 11.3 Å². The first-order valence-corrected chi connectivity index (χ1v) is 9.99. The highest BCUT2D eigenvalue weighted by Crippen LogP contribution is 2.29. The van der Waals surface area contributed by atoms with Gasteiger partial charge in [0.15, 0.2) is 0 Å². The number of alkyl halides is 3. The third kappa shape index (κ3) is 7.42. The molecule has 5 nitrogen and oxygen atoms in total. The maximum atomic E-state index is 13.0. The molecule has 3 rings (SSSR count). The third-order valence-corrected chi connectivity index (χ3v) is 5.67. The quantitative estimate of drug-likeness (QED) is 0.724. The lowest BCUT2D eigenvalue weighted by atomic mass is 10.2. The number of nitrogens with zero attached hydrogens (tertiary/aromatic N) is 2. The molecule has 2 heterocycles. The number of amides is 1. The van der Waals surface area contributed by atoms with Crippen LogP contribution in [0, 0.1) is 5.82 Å². The number of halogens is 4. The van der Waals surface area contributed by atoms with Gasteiger partial charge < -0.3 is 14.9 Å². The minimum absolute atomic E-state index is 0.219. The van der Waals surface area contributed by atoms with Crippen molar-refractivity contribution in [2.24, 2.45) is 0 Å². The Labute approximate surface area is 175 Å². The fourth-order valence-corrected chi connectivity index (χ4v) is 3.74. The number of hydrogen-bond acceptors (Lipinski definition) is 4. The van der Waals surface area contributed by atoms with Crippen molar-refractivity contribution in [2.45, 2.75) is 19.0 Å². The van der Waals surface area contributed by atoms with Crippen molar-refractivity contribution >= 4 is 23.2 Å². The van der Waals surface area contributed by atoms with E-state index >= 15 is 0 Å². The predicted octanol–water partition coefficient (Wildman–Crippen LogP) is 3.89. The molecule has 2 aromatic rings. The second-order valence-electron chi connectivity index (χ2n) is 6.76. The van der Waals surface area contributed by atoms with E-state index in [2.05, 4.69) is 18.0 Å². The molecule has 0 atom stereocenters. The van der Waals surface area contributed by atoms with Crippen LogP contribution in [-0.2, 0) is 16.0 Å². The smallest absolute Gasteiger partial charge is 0.475 e. The number of carboxylic acid groups (broad SMARTS) is 1. The van der Waals surface area contributed by atoms with Crippen LogP contribution in [-0.4, -0.2) is 66.2 Å². The number of benzene rings is 1. The molecule has 164 valence electrons. The number of likely N-dealkylation sites (N-methyl/N-ethyl adjacent to an activating group) is 1. The van der Waals surface area contributed by atoms with Crippen LogP contribution < -0.4 is 0 Å². The first kappa shape index (κ1) is 23.8. The molecule has 0 spiro atoms. The Balaban J connectivity index is 0.000000396. The minimum Gasteiger partial charge on any atom is -0.475 e. The summed E-state index contributed by atoms with van der Waals surface area (Å²) in [6.07, 6.45) is -3.75. The molecule has 1 aromatic carbocycles. The van der Waals surface area contributed by atoms with Gasteiger partial charge in [0.2, 0.25) is 5.91 Å². The Morgan fingerprint density at radius 3 is 2.13 bits per heavy atom. The largest absolute Gasteiger partial charge is 0.490 e. The van der Waals surface area contributed by atoms with Crippen LogP contribution >= 0.6 is 11.3 Å². The van der Waals surface area contributed by atoms with E-state index in [1.165, 1.54) is 17.0 Å². The van der Waals surface area contributed by atoms with Gasteiger partial charge in [-0.2, -0.15) is 13.2 Å². The van der Waals surface area contributed by atoms with Gasteiger partial charge in [-0.25, -0.2) is 9.18 Å². The highest BCUT2D eigenvalue weighted by molar-refractivity contribution is 7.15. The maximum absolute atomic E-state index is 13.0. The third-order valence-electron chi connectivity index (χ3n) is 4.47. The number of carbonyl (C=O) groups excluding carboxylic acids is 1. The van der Waals surface area contributed by atoms with Crippen molar-refractivity contribution in [1.29, 1.82) is 0 Å². The highest BCUT2D eigenvalue weighted by Gasteiger charge is 2.38. The number of piperazine rings is 1. The fourth-order valence-electron chi connectivity index (χ4n) is 2.73. The molecular formula is C20H22F4N2O3S. The number of rotatable bonds is 4. The van der Waals surface area contributed by atoms with Gasteiger partial charge in [0, 0.05) is 42.4 Å². The Kier molecular flexibility index (Phi) is 8.36. The molecule has 30 heavy (non-hydrogen) atoms. The normalized spacial score (nSPS) is 14.8. The zero-order valence-electron chi connectivity index (χ0n) is 16.3. The van der Waals surface area contributed by atoms with E-state index in [-0.39, 0.29) is 11.7 Å². The molecular weight excluding hydrogens is 424 g/mol. The molecule has 1 aliphatic rings. The summed E-state index contributed by atoms with van der Waals surface area (Å²) in [6, 6.07) is 10.7. The molecule has 1 N–H and O–H groups in total. The Morgan fingerprint density at radius 2 is 1.60 bits per heavy atom. The van der Waals surface area contributed by atoms with Crippen molar-refractivity contribution < 1.29 is 32.3 Å². The van der Waals surface area contributed by atoms with Crippen LogP contribution in [0.2, 0.25) is 0 Å². The summed E-state index contributed by atoms with van der Waals surface area (Å²) in [5.41, 5.74) is 1.02. The second kappa shape index (κ2) is 10.5. The van der Waals surface area contributed by atoms with Gasteiger partial charge in [0.25, 0.3) is 0 Å². The standard InChI is InChI=1S/C18H21FN2OS.C2HF3O2/c1-20-10-12-21(13-11-20)18(22)9-7-16-6-8-17(23-16)14-2-4-15(19)5-3-14;3-2(4,5)1(6)7/h2-6,8H,7,9-13H2,1H3;(H,6,7). The topological polar surface area (TPSA) is 60.9 Å². The summed E-state index contributed by atoms with van der Waals surface area (Å²) in [7, 11) is 2.09. The van der Waals surface area contributed by atoms with Gasteiger partial charge in [-0.3, -0.25) is 4.79 Å². The summed E-state index contributed by atoms with van der Waals surface area (Å²) in [5, 5.41) is 7.12. The molecule has 0 unspecified atom stereocenters. The van der Waals surface area contributed by atoms with E-state index < -0.39 is 12.1 Å². The molecule has 10 heteroatoms. The van der Waals surface area contributed by atoms with Gasteiger partial charge >= 0.3 is 12.1 Å².